The number of hydrogen-bond acceptors (Lipinski definition) is 0. The van der Waals surface area contributed by atoms with Crippen molar-refractivity contribution < 1.29 is 13.2 Å². The zero-order chi connectivity index (χ0) is 12.6. The predicted octanol–water partition coefficient (Wildman–Crippen LogP) is 5.05. The summed E-state index contributed by atoms with van der Waals surface area (Å²) in [7, 11) is 0. The highest BCUT2D eigenvalue weighted by molar-refractivity contribution is 6.31. The zero-order valence-corrected chi connectivity index (χ0v) is 10.2. The van der Waals surface area contributed by atoms with Crippen LogP contribution in [0.25, 0.3) is 0 Å². The Hall–Kier alpha value is -0.700. The van der Waals surface area contributed by atoms with Crippen LogP contribution in [0.1, 0.15) is 38.3 Å². The van der Waals surface area contributed by atoms with E-state index in [1.54, 1.807) is 6.07 Å². The molecule has 0 spiro atoms. The Morgan fingerprint density at radius 2 is 1.75 bits per heavy atom. The van der Waals surface area contributed by atoms with Crippen LogP contribution in [0.4, 0.5) is 13.2 Å². The first kappa shape index (κ1) is 13.4. The third-order valence-electron chi connectivity index (χ3n) is 2.94. The molecule has 0 heterocycles. The summed E-state index contributed by atoms with van der Waals surface area (Å²) < 4.78 is 37.9. The minimum atomic E-state index is -4.39. The molecule has 0 N–H and O–H groups in total. The van der Waals surface area contributed by atoms with E-state index < -0.39 is 11.7 Å². The maximum Gasteiger partial charge on any atom is 0.417 e. The fourth-order valence-electron chi connectivity index (χ4n) is 1.37. The maximum atomic E-state index is 12.6. The maximum absolute atomic E-state index is 12.6. The van der Waals surface area contributed by atoms with Gasteiger partial charge in [-0.25, -0.2) is 0 Å². The quantitative estimate of drug-likeness (QED) is 0.689. The Morgan fingerprint density at radius 3 is 2.19 bits per heavy atom. The van der Waals surface area contributed by atoms with E-state index in [1.165, 1.54) is 6.07 Å². The summed E-state index contributed by atoms with van der Waals surface area (Å²) in [6.07, 6.45) is -3.62. The fraction of sp³-hybridized carbons (Fsp3) is 0.500. The summed E-state index contributed by atoms with van der Waals surface area (Å²) in [4.78, 5) is 0. The summed E-state index contributed by atoms with van der Waals surface area (Å²) in [6.45, 7) is 5.77. The van der Waals surface area contributed by atoms with Crippen molar-refractivity contribution >= 4 is 11.6 Å². The molecule has 0 saturated heterocycles. The molecule has 0 aliphatic heterocycles. The van der Waals surface area contributed by atoms with Gasteiger partial charge in [0.1, 0.15) is 0 Å². The predicted molar refractivity (Wildman–Crippen MR) is 59.8 cm³/mol. The molecule has 90 valence electrons. The highest BCUT2D eigenvalue weighted by Crippen LogP contribution is 2.38. The van der Waals surface area contributed by atoms with Gasteiger partial charge in [0, 0.05) is 0 Å². The van der Waals surface area contributed by atoms with Crippen molar-refractivity contribution in [1.29, 1.82) is 0 Å². The van der Waals surface area contributed by atoms with E-state index in [-0.39, 0.29) is 10.4 Å². The number of halogens is 4. The second kappa shape index (κ2) is 4.28. The van der Waals surface area contributed by atoms with Crippen molar-refractivity contribution in [3.05, 3.63) is 34.3 Å². The highest BCUT2D eigenvalue weighted by Gasteiger charge is 2.34. The summed E-state index contributed by atoms with van der Waals surface area (Å²) in [5.41, 5.74) is -0.371. The van der Waals surface area contributed by atoms with Crippen molar-refractivity contribution in [3.63, 3.8) is 0 Å². The van der Waals surface area contributed by atoms with Crippen LogP contribution >= 0.6 is 11.6 Å². The Bertz CT molecular complexity index is 380. The lowest BCUT2D eigenvalue weighted by atomic mass is 9.81. The van der Waals surface area contributed by atoms with E-state index in [1.807, 2.05) is 20.8 Å². The van der Waals surface area contributed by atoms with Gasteiger partial charge in [-0.2, -0.15) is 13.2 Å². The average Bonchev–Trinajstić information content (AvgIpc) is 2.16. The van der Waals surface area contributed by atoms with E-state index in [4.69, 9.17) is 11.6 Å². The van der Waals surface area contributed by atoms with Crippen LogP contribution in [0, 0.1) is 0 Å². The lowest BCUT2D eigenvalue weighted by molar-refractivity contribution is -0.137. The molecule has 0 fully saturated rings. The van der Waals surface area contributed by atoms with Gasteiger partial charge in [-0.15, -0.1) is 0 Å². The standard InChI is InChI=1S/C12H14ClF3/c1-4-11(2,3)8-5-6-10(13)9(7-8)12(14,15)16/h5-7H,4H2,1-3H3. The van der Waals surface area contributed by atoms with Crippen molar-refractivity contribution in [2.45, 2.75) is 38.8 Å². The summed E-state index contributed by atoms with van der Waals surface area (Å²) in [5.74, 6) is 0. The molecule has 0 radical (unpaired) electrons. The van der Waals surface area contributed by atoms with Gasteiger partial charge >= 0.3 is 6.18 Å². The Balaban J connectivity index is 3.29. The molecule has 0 atom stereocenters. The van der Waals surface area contributed by atoms with E-state index in [0.29, 0.717) is 5.56 Å². The minimum Gasteiger partial charge on any atom is -0.166 e. The Morgan fingerprint density at radius 1 is 1.19 bits per heavy atom. The molecule has 0 aliphatic carbocycles. The molecular formula is C12H14ClF3. The number of hydrogen-bond donors (Lipinski definition) is 0. The first-order valence-corrected chi connectivity index (χ1v) is 5.43. The molecule has 1 aromatic carbocycles. The van der Waals surface area contributed by atoms with E-state index in [9.17, 15) is 13.2 Å². The van der Waals surface area contributed by atoms with Gasteiger partial charge in [0.2, 0.25) is 0 Å². The molecular weight excluding hydrogens is 237 g/mol. The van der Waals surface area contributed by atoms with Gasteiger partial charge in [0.15, 0.2) is 0 Å². The van der Waals surface area contributed by atoms with Crippen molar-refractivity contribution in [2.24, 2.45) is 0 Å². The van der Waals surface area contributed by atoms with Gasteiger partial charge in [0.05, 0.1) is 10.6 Å². The van der Waals surface area contributed by atoms with E-state index >= 15 is 0 Å². The second-order valence-electron chi connectivity index (χ2n) is 4.43. The van der Waals surface area contributed by atoms with Gasteiger partial charge in [-0.05, 0) is 29.5 Å². The molecule has 0 saturated carbocycles. The normalized spacial score (nSPS) is 12.9. The topological polar surface area (TPSA) is 0 Å². The van der Waals surface area contributed by atoms with E-state index in [2.05, 4.69) is 0 Å². The first-order valence-electron chi connectivity index (χ1n) is 5.05. The Labute approximate surface area is 98.4 Å². The monoisotopic (exact) mass is 250 g/mol. The van der Waals surface area contributed by atoms with Crippen LogP contribution in [-0.2, 0) is 11.6 Å². The molecule has 0 nitrogen and oxygen atoms in total. The van der Waals surface area contributed by atoms with Gasteiger partial charge < -0.3 is 0 Å². The lowest BCUT2D eigenvalue weighted by Gasteiger charge is -2.24. The van der Waals surface area contributed by atoms with Crippen LogP contribution in [-0.4, -0.2) is 0 Å². The van der Waals surface area contributed by atoms with Crippen molar-refractivity contribution in [2.75, 3.05) is 0 Å². The SMILES string of the molecule is CCC(C)(C)c1ccc(Cl)c(C(F)(F)F)c1. The molecule has 4 heteroatoms. The van der Waals surface area contributed by atoms with Crippen molar-refractivity contribution in [1.82, 2.24) is 0 Å². The smallest absolute Gasteiger partial charge is 0.166 e. The second-order valence-corrected chi connectivity index (χ2v) is 4.84. The number of rotatable bonds is 2. The van der Waals surface area contributed by atoms with Crippen LogP contribution in [0.5, 0.6) is 0 Å². The van der Waals surface area contributed by atoms with Crippen molar-refractivity contribution in [3.8, 4) is 0 Å². The molecule has 0 amide bonds. The lowest BCUT2D eigenvalue weighted by Crippen LogP contribution is -2.17. The van der Waals surface area contributed by atoms with Gasteiger partial charge in [-0.1, -0.05) is 38.4 Å². The molecule has 0 unspecified atom stereocenters. The third-order valence-corrected chi connectivity index (χ3v) is 3.27. The van der Waals surface area contributed by atoms with Gasteiger partial charge in [0.25, 0.3) is 0 Å². The average molecular weight is 251 g/mol. The number of benzene rings is 1. The molecule has 1 aromatic rings. The summed E-state index contributed by atoms with van der Waals surface area (Å²) in [6, 6.07) is 4.12. The van der Waals surface area contributed by atoms with Crippen LogP contribution < -0.4 is 0 Å². The number of alkyl halides is 3. The molecule has 16 heavy (non-hydrogen) atoms. The van der Waals surface area contributed by atoms with Crippen LogP contribution in [0.2, 0.25) is 5.02 Å². The summed E-state index contributed by atoms with van der Waals surface area (Å²) >= 11 is 5.55. The Kier molecular flexibility index (Phi) is 3.58. The zero-order valence-electron chi connectivity index (χ0n) is 9.45. The van der Waals surface area contributed by atoms with Crippen LogP contribution in [0.3, 0.4) is 0 Å². The van der Waals surface area contributed by atoms with Crippen LogP contribution in [0.15, 0.2) is 18.2 Å². The molecule has 0 aliphatic rings. The minimum absolute atomic E-state index is 0.247. The molecule has 1 rings (SSSR count). The van der Waals surface area contributed by atoms with Gasteiger partial charge in [-0.3, -0.25) is 0 Å². The largest absolute Gasteiger partial charge is 0.417 e. The fourth-order valence-corrected chi connectivity index (χ4v) is 1.59. The highest BCUT2D eigenvalue weighted by atomic mass is 35.5. The third kappa shape index (κ3) is 2.70. The molecule has 0 aromatic heterocycles. The van der Waals surface area contributed by atoms with E-state index in [0.717, 1.165) is 12.5 Å². The molecule has 0 bridgehead atoms. The summed E-state index contributed by atoms with van der Waals surface area (Å²) in [5, 5.41) is -0.247. The first-order chi connectivity index (χ1) is 7.18.